The molecule has 2 heterocycles. The standard InChI is InChI=1S/C13H18FN3O3S2/c1-2-22(19,20)17-7-3-4-10(9-17)13(18)16-15-8-11-5-6-12(14)21-11/h5-6,8,10H,2-4,7,9H2,1H3,(H,16,18)/b15-8+. The molecule has 0 spiro atoms. The molecular weight excluding hydrogens is 329 g/mol. The number of nitrogens with one attached hydrogen (secondary N) is 1. The average Bonchev–Trinajstić information content (AvgIpc) is 2.92. The largest absolute Gasteiger partial charge is 0.273 e. The molecule has 0 bridgehead atoms. The van der Waals surface area contributed by atoms with Gasteiger partial charge in [-0.25, -0.2) is 18.1 Å². The number of hydrogen-bond donors (Lipinski definition) is 1. The fourth-order valence-corrected chi connectivity index (χ4v) is 4.02. The van der Waals surface area contributed by atoms with Gasteiger partial charge in [0.1, 0.15) is 0 Å². The quantitative estimate of drug-likeness (QED) is 0.646. The monoisotopic (exact) mass is 347 g/mol. The number of hydrogen-bond acceptors (Lipinski definition) is 5. The first-order valence-electron chi connectivity index (χ1n) is 6.98. The molecule has 6 nitrogen and oxygen atoms in total. The van der Waals surface area contributed by atoms with Crippen molar-refractivity contribution in [3.63, 3.8) is 0 Å². The third kappa shape index (κ3) is 4.34. The Hall–Kier alpha value is -1.32. The Labute approximate surface area is 133 Å². The first-order valence-corrected chi connectivity index (χ1v) is 9.41. The molecule has 2 rings (SSSR count). The normalized spacial score (nSPS) is 20.4. The van der Waals surface area contributed by atoms with E-state index in [2.05, 4.69) is 10.5 Å². The second-order valence-corrected chi connectivity index (χ2v) is 8.30. The molecule has 1 atom stereocenters. The van der Waals surface area contributed by atoms with Gasteiger partial charge >= 0.3 is 0 Å². The summed E-state index contributed by atoms with van der Waals surface area (Å²) in [4.78, 5) is 12.6. The molecular formula is C13H18FN3O3S2. The van der Waals surface area contributed by atoms with Gasteiger partial charge in [-0.15, -0.1) is 11.3 Å². The highest BCUT2D eigenvalue weighted by molar-refractivity contribution is 7.89. The zero-order valence-corrected chi connectivity index (χ0v) is 13.8. The predicted octanol–water partition coefficient (Wildman–Crippen LogP) is 1.40. The number of carbonyl (C=O) groups excluding carboxylic acids is 1. The van der Waals surface area contributed by atoms with Gasteiger partial charge in [0.15, 0.2) is 5.13 Å². The van der Waals surface area contributed by atoms with Crippen LogP contribution in [-0.2, 0) is 14.8 Å². The van der Waals surface area contributed by atoms with Gasteiger partial charge in [-0.3, -0.25) is 4.79 Å². The Kier molecular flexibility index (Phi) is 5.65. The lowest BCUT2D eigenvalue weighted by Crippen LogP contribution is -2.45. The molecule has 122 valence electrons. The molecule has 0 aliphatic carbocycles. The molecule has 1 aromatic heterocycles. The summed E-state index contributed by atoms with van der Waals surface area (Å²) in [5.41, 5.74) is 2.39. The topological polar surface area (TPSA) is 78.8 Å². The minimum absolute atomic E-state index is 0.0312. The number of amides is 1. The molecule has 1 saturated heterocycles. The summed E-state index contributed by atoms with van der Waals surface area (Å²) in [7, 11) is -3.27. The van der Waals surface area contributed by atoms with Crippen LogP contribution in [0.3, 0.4) is 0 Å². The highest BCUT2D eigenvalue weighted by Crippen LogP contribution is 2.19. The first-order chi connectivity index (χ1) is 10.4. The van der Waals surface area contributed by atoms with E-state index in [1.165, 1.54) is 16.6 Å². The minimum Gasteiger partial charge on any atom is -0.273 e. The molecule has 0 saturated carbocycles. The number of halogens is 1. The van der Waals surface area contributed by atoms with Gasteiger partial charge in [-0.2, -0.15) is 9.49 Å². The Balaban J connectivity index is 1.91. The predicted molar refractivity (Wildman–Crippen MR) is 83.8 cm³/mol. The third-order valence-electron chi connectivity index (χ3n) is 3.47. The van der Waals surface area contributed by atoms with Crippen molar-refractivity contribution < 1.29 is 17.6 Å². The summed E-state index contributed by atoms with van der Waals surface area (Å²) in [6.07, 6.45) is 2.65. The van der Waals surface area contributed by atoms with E-state index in [0.717, 1.165) is 11.3 Å². The zero-order valence-electron chi connectivity index (χ0n) is 12.2. The van der Waals surface area contributed by atoms with Crippen molar-refractivity contribution in [1.29, 1.82) is 0 Å². The highest BCUT2D eigenvalue weighted by Gasteiger charge is 2.31. The highest BCUT2D eigenvalue weighted by atomic mass is 32.2. The van der Waals surface area contributed by atoms with Crippen LogP contribution in [0.5, 0.6) is 0 Å². The Morgan fingerprint density at radius 2 is 2.36 bits per heavy atom. The van der Waals surface area contributed by atoms with Gasteiger partial charge in [0.25, 0.3) is 0 Å². The van der Waals surface area contributed by atoms with Crippen molar-refractivity contribution in [2.75, 3.05) is 18.8 Å². The number of carbonyl (C=O) groups is 1. The van der Waals surface area contributed by atoms with Crippen LogP contribution in [0.15, 0.2) is 17.2 Å². The summed E-state index contributed by atoms with van der Waals surface area (Å²) in [6.45, 7) is 2.23. The Morgan fingerprint density at radius 3 is 3.00 bits per heavy atom. The van der Waals surface area contributed by atoms with Crippen LogP contribution in [0.25, 0.3) is 0 Å². The fraction of sp³-hybridized carbons (Fsp3) is 0.538. The van der Waals surface area contributed by atoms with Crippen molar-refractivity contribution in [3.05, 3.63) is 22.1 Å². The van der Waals surface area contributed by atoms with Crippen molar-refractivity contribution >= 4 is 33.5 Å². The lowest BCUT2D eigenvalue weighted by molar-refractivity contribution is -0.126. The van der Waals surface area contributed by atoms with E-state index in [9.17, 15) is 17.6 Å². The summed E-state index contributed by atoms with van der Waals surface area (Å²) >= 11 is 0.927. The molecule has 1 aromatic rings. The third-order valence-corrected chi connectivity index (χ3v) is 6.13. The molecule has 1 unspecified atom stereocenters. The van der Waals surface area contributed by atoms with Crippen LogP contribution in [-0.4, -0.2) is 43.7 Å². The van der Waals surface area contributed by atoms with Crippen LogP contribution in [0.1, 0.15) is 24.6 Å². The van der Waals surface area contributed by atoms with Gasteiger partial charge in [0.05, 0.1) is 22.8 Å². The van der Waals surface area contributed by atoms with Gasteiger partial charge in [-0.05, 0) is 31.9 Å². The molecule has 1 fully saturated rings. The van der Waals surface area contributed by atoms with Gasteiger partial charge in [0.2, 0.25) is 15.9 Å². The minimum atomic E-state index is -3.27. The second kappa shape index (κ2) is 7.30. The van der Waals surface area contributed by atoms with Gasteiger partial charge in [-0.1, -0.05) is 0 Å². The van der Waals surface area contributed by atoms with Crippen molar-refractivity contribution in [2.45, 2.75) is 19.8 Å². The molecule has 0 aromatic carbocycles. The number of rotatable bonds is 5. The molecule has 9 heteroatoms. The first kappa shape index (κ1) is 17.0. The van der Waals surface area contributed by atoms with E-state index in [1.807, 2.05) is 0 Å². The van der Waals surface area contributed by atoms with Crippen molar-refractivity contribution in [1.82, 2.24) is 9.73 Å². The summed E-state index contributed by atoms with van der Waals surface area (Å²) < 4.78 is 37.9. The van der Waals surface area contributed by atoms with Crippen LogP contribution >= 0.6 is 11.3 Å². The number of hydrazone groups is 1. The molecule has 1 aliphatic rings. The lowest BCUT2D eigenvalue weighted by Gasteiger charge is -2.30. The van der Waals surface area contributed by atoms with Gasteiger partial charge in [0, 0.05) is 13.1 Å². The van der Waals surface area contributed by atoms with E-state index in [-0.39, 0.29) is 23.3 Å². The number of sulfonamides is 1. The number of nitrogens with zero attached hydrogens (tertiary/aromatic N) is 2. The molecule has 1 N–H and O–H groups in total. The van der Waals surface area contributed by atoms with Crippen LogP contribution in [0.2, 0.25) is 0 Å². The Morgan fingerprint density at radius 1 is 1.59 bits per heavy atom. The maximum absolute atomic E-state index is 12.8. The number of thiophene rings is 1. The zero-order chi connectivity index (χ0) is 16.2. The summed E-state index contributed by atoms with van der Waals surface area (Å²) in [6, 6.07) is 2.88. The van der Waals surface area contributed by atoms with E-state index in [4.69, 9.17) is 0 Å². The van der Waals surface area contributed by atoms with Crippen molar-refractivity contribution in [2.24, 2.45) is 11.0 Å². The maximum atomic E-state index is 12.8. The van der Waals surface area contributed by atoms with Crippen LogP contribution in [0.4, 0.5) is 4.39 Å². The van der Waals surface area contributed by atoms with E-state index < -0.39 is 15.9 Å². The Bertz CT molecular complexity index is 657. The van der Waals surface area contributed by atoms with E-state index in [1.54, 1.807) is 13.0 Å². The summed E-state index contributed by atoms with van der Waals surface area (Å²) in [5.74, 6) is -0.694. The molecule has 1 amide bonds. The molecule has 22 heavy (non-hydrogen) atoms. The van der Waals surface area contributed by atoms with Crippen molar-refractivity contribution in [3.8, 4) is 0 Å². The SMILES string of the molecule is CCS(=O)(=O)N1CCCC(C(=O)N/N=C/c2ccc(F)s2)C1. The lowest BCUT2D eigenvalue weighted by atomic mass is 9.99. The maximum Gasteiger partial charge on any atom is 0.244 e. The van der Waals surface area contributed by atoms with E-state index >= 15 is 0 Å². The average molecular weight is 347 g/mol. The smallest absolute Gasteiger partial charge is 0.244 e. The number of piperidine rings is 1. The van der Waals surface area contributed by atoms with Crippen LogP contribution < -0.4 is 5.43 Å². The van der Waals surface area contributed by atoms with E-state index in [0.29, 0.717) is 24.3 Å². The summed E-state index contributed by atoms with van der Waals surface area (Å²) in [5, 5.41) is 3.47. The fourth-order valence-electron chi connectivity index (χ4n) is 2.24. The second-order valence-electron chi connectivity index (χ2n) is 4.97. The molecule has 0 radical (unpaired) electrons. The molecule has 1 aliphatic heterocycles. The van der Waals surface area contributed by atoms with Gasteiger partial charge < -0.3 is 0 Å². The van der Waals surface area contributed by atoms with Crippen LogP contribution in [0, 0.1) is 11.0 Å².